The van der Waals surface area contributed by atoms with E-state index in [2.05, 4.69) is 17.6 Å². The molecular weight excluding hydrogens is 306 g/mol. The molecule has 2 N–H and O–H groups in total. The number of hydrogen-bond acceptors (Lipinski definition) is 3. The third-order valence-corrected chi connectivity index (χ3v) is 6.58. The molecule has 6 heteroatoms. The van der Waals surface area contributed by atoms with Crippen LogP contribution in [0.4, 0.5) is 4.79 Å². The Bertz CT molecular complexity index is 544. The van der Waals surface area contributed by atoms with Gasteiger partial charge in [0.25, 0.3) is 5.91 Å². The van der Waals surface area contributed by atoms with Crippen molar-refractivity contribution in [3.8, 4) is 0 Å². The minimum absolute atomic E-state index is 0.107. The van der Waals surface area contributed by atoms with Crippen molar-refractivity contribution in [3.63, 3.8) is 0 Å². The lowest BCUT2D eigenvalue weighted by Crippen LogP contribution is -2.48. The molecule has 0 aromatic rings. The second kappa shape index (κ2) is 6.37. The number of hydrogen-bond donors (Lipinski definition) is 2. The smallest absolute Gasteiger partial charge is 0.325 e. The average Bonchev–Trinajstić information content (AvgIpc) is 3.24. The van der Waals surface area contributed by atoms with Crippen LogP contribution in [0.3, 0.4) is 0 Å². The Morgan fingerprint density at radius 1 is 1.29 bits per heavy atom. The van der Waals surface area contributed by atoms with Gasteiger partial charge in [0.15, 0.2) is 0 Å². The molecule has 6 nitrogen and oxygen atoms in total. The number of amides is 4. The molecule has 2 aliphatic carbocycles. The monoisotopic (exact) mass is 335 g/mol. The summed E-state index contributed by atoms with van der Waals surface area (Å²) in [6, 6.07) is -0.345. The van der Waals surface area contributed by atoms with Crippen LogP contribution in [0, 0.1) is 17.8 Å². The number of rotatable bonds is 6. The van der Waals surface area contributed by atoms with E-state index < -0.39 is 11.6 Å². The van der Waals surface area contributed by atoms with Crippen LogP contribution in [0.2, 0.25) is 0 Å². The minimum Gasteiger partial charge on any atom is -0.352 e. The molecule has 1 heterocycles. The van der Waals surface area contributed by atoms with E-state index in [-0.39, 0.29) is 24.4 Å². The topological polar surface area (TPSA) is 78.5 Å². The summed E-state index contributed by atoms with van der Waals surface area (Å²) in [7, 11) is 0. The fourth-order valence-corrected chi connectivity index (χ4v) is 5.01. The zero-order chi connectivity index (χ0) is 17.5. The van der Waals surface area contributed by atoms with Gasteiger partial charge in [-0.25, -0.2) is 4.79 Å². The molecular formula is C18H29N3O3. The third kappa shape index (κ3) is 2.80. The van der Waals surface area contributed by atoms with Crippen LogP contribution in [0.1, 0.15) is 59.3 Å². The lowest BCUT2D eigenvalue weighted by molar-refractivity contribution is -0.135. The van der Waals surface area contributed by atoms with Crippen molar-refractivity contribution in [2.45, 2.75) is 70.9 Å². The fourth-order valence-electron chi connectivity index (χ4n) is 5.01. The van der Waals surface area contributed by atoms with Crippen molar-refractivity contribution in [3.05, 3.63) is 0 Å². The van der Waals surface area contributed by atoms with Gasteiger partial charge in [-0.05, 0) is 56.8 Å². The van der Waals surface area contributed by atoms with Gasteiger partial charge in [-0.15, -0.1) is 0 Å². The predicted octanol–water partition coefficient (Wildman–Crippen LogP) is 2.04. The average molecular weight is 335 g/mol. The number of fused-ring (bicyclic) bond motifs is 2. The summed E-state index contributed by atoms with van der Waals surface area (Å²) < 4.78 is 0. The van der Waals surface area contributed by atoms with Crippen LogP contribution in [0.15, 0.2) is 0 Å². The number of nitrogens with zero attached hydrogens (tertiary/aromatic N) is 1. The van der Waals surface area contributed by atoms with E-state index in [0.29, 0.717) is 18.8 Å². The molecule has 24 heavy (non-hydrogen) atoms. The van der Waals surface area contributed by atoms with E-state index in [0.717, 1.165) is 16.7 Å². The molecule has 3 rings (SSSR count). The largest absolute Gasteiger partial charge is 0.352 e. The maximum atomic E-state index is 12.5. The van der Waals surface area contributed by atoms with Crippen molar-refractivity contribution < 1.29 is 14.4 Å². The SMILES string of the molecule is CCC1(CC)NC(=O)N(CC(=O)NC(C)C2CC3CCC2C3)C1=O. The maximum absolute atomic E-state index is 12.5. The molecule has 0 spiro atoms. The predicted molar refractivity (Wildman–Crippen MR) is 90.1 cm³/mol. The molecule has 3 aliphatic rings. The number of carbonyl (C=O) groups is 3. The van der Waals surface area contributed by atoms with Crippen molar-refractivity contribution in [1.29, 1.82) is 0 Å². The van der Waals surface area contributed by atoms with E-state index in [4.69, 9.17) is 0 Å². The first-order chi connectivity index (χ1) is 11.4. The molecule has 0 aromatic carbocycles. The van der Waals surface area contributed by atoms with Crippen LogP contribution in [-0.4, -0.2) is 40.9 Å². The lowest BCUT2D eigenvalue weighted by atomic mass is 9.84. The molecule has 0 aromatic heterocycles. The van der Waals surface area contributed by atoms with Gasteiger partial charge in [0.1, 0.15) is 12.1 Å². The van der Waals surface area contributed by atoms with Gasteiger partial charge in [-0.3, -0.25) is 14.5 Å². The van der Waals surface area contributed by atoms with Gasteiger partial charge in [0.2, 0.25) is 5.91 Å². The van der Waals surface area contributed by atoms with Gasteiger partial charge in [-0.2, -0.15) is 0 Å². The summed E-state index contributed by atoms with van der Waals surface area (Å²) in [5.74, 6) is 1.59. The normalized spacial score (nSPS) is 32.1. The van der Waals surface area contributed by atoms with E-state index in [9.17, 15) is 14.4 Å². The summed E-state index contributed by atoms with van der Waals surface area (Å²) in [4.78, 5) is 38.1. The Balaban J connectivity index is 1.57. The van der Waals surface area contributed by atoms with Crippen molar-refractivity contribution in [1.82, 2.24) is 15.5 Å². The first-order valence-corrected chi connectivity index (χ1v) is 9.33. The van der Waals surface area contributed by atoms with Gasteiger partial charge >= 0.3 is 6.03 Å². The van der Waals surface area contributed by atoms with E-state index in [1.54, 1.807) is 0 Å². The quantitative estimate of drug-likeness (QED) is 0.729. The number of imide groups is 1. The van der Waals surface area contributed by atoms with E-state index >= 15 is 0 Å². The highest BCUT2D eigenvalue weighted by Gasteiger charge is 2.49. The molecule has 2 bridgehead atoms. The summed E-state index contributed by atoms with van der Waals surface area (Å²) in [5, 5.41) is 5.79. The summed E-state index contributed by atoms with van der Waals surface area (Å²) in [6.45, 7) is 5.63. The number of urea groups is 1. The van der Waals surface area contributed by atoms with Gasteiger partial charge in [0.05, 0.1) is 0 Å². The van der Waals surface area contributed by atoms with E-state index in [1.165, 1.54) is 25.7 Å². The first kappa shape index (κ1) is 17.2. The molecule has 0 radical (unpaired) electrons. The second-order valence-electron chi connectivity index (χ2n) is 7.81. The van der Waals surface area contributed by atoms with Gasteiger partial charge in [0, 0.05) is 6.04 Å². The molecule has 2 saturated carbocycles. The van der Waals surface area contributed by atoms with Crippen LogP contribution in [0.25, 0.3) is 0 Å². The van der Waals surface area contributed by atoms with E-state index in [1.807, 2.05) is 13.8 Å². The highest BCUT2D eigenvalue weighted by atomic mass is 16.2. The Hall–Kier alpha value is -1.59. The fraction of sp³-hybridized carbons (Fsp3) is 0.833. The minimum atomic E-state index is -0.840. The van der Waals surface area contributed by atoms with Crippen molar-refractivity contribution in [2.75, 3.05) is 6.54 Å². The van der Waals surface area contributed by atoms with Crippen LogP contribution in [-0.2, 0) is 9.59 Å². The third-order valence-electron chi connectivity index (χ3n) is 6.58. The number of nitrogens with one attached hydrogen (secondary N) is 2. The second-order valence-corrected chi connectivity index (χ2v) is 7.81. The first-order valence-electron chi connectivity index (χ1n) is 9.33. The summed E-state index contributed by atoms with van der Waals surface area (Å²) in [6.07, 6.45) is 6.18. The van der Waals surface area contributed by atoms with Gasteiger partial charge < -0.3 is 10.6 Å². The molecule has 1 aliphatic heterocycles. The van der Waals surface area contributed by atoms with Gasteiger partial charge in [-0.1, -0.05) is 20.3 Å². The molecule has 1 saturated heterocycles. The van der Waals surface area contributed by atoms with Crippen LogP contribution in [0.5, 0.6) is 0 Å². The Morgan fingerprint density at radius 2 is 2.00 bits per heavy atom. The summed E-state index contributed by atoms with van der Waals surface area (Å²) >= 11 is 0. The standard InChI is InChI=1S/C18H29N3O3/c1-4-18(5-2)16(23)21(17(24)20-18)10-15(22)19-11(3)14-9-12-6-7-13(14)8-12/h11-14H,4-10H2,1-3H3,(H,19,22)(H,20,24). The molecule has 134 valence electrons. The van der Waals surface area contributed by atoms with Crippen LogP contribution < -0.4 is 10.6 Å². The molecule has 3 fully saturated rings. The summed E-state index contributed by atoms with van der Waals surface area (Å²) in [5.41, 5.74) is -0.840. The zero-order valence-corrected chi connectivity index (χ0v) is 14.9. The highest BCUT2D eigenvalue weighted by molar-refractivity contribution is 6.08. The Labute approximate surface area is 143 Å². The van der Waals surface area contributed by atoms with Crippen molar-refractivity contribution in [2.24, 2.45) is 17.8 Å². The maximum Gasteiger partial charge on any atom is 0.325 e. The Kier molecular flexibility index (Phi) is 4.58. The molecule has 4 unspecified atom stereocenters. The highest BCUT2D eigenvalue weighted by Crippen LogP contribution is 2.49. The van der Waals surface area contributed by atoms with Crippen molar-refractivity contribution >= 4 is 17.8 Å². The number of carbonyl (C=O) groups excluding carboxylic acids is 3. The zero-order valence-electron chi connectivity index (χ0n) is 14.9. The Morgan fingerprint density at radius 3 is 2.50 bits per heavy atom. The molecule has 4 atom stereocenters. The van der Waals surface area contributed by atoms with Crippen LogP contribution >= 0.6 is 0 Å². The lowest BCUT2D eigenvalue weighted by Gasteiger charge is -2.29. The molecule has 4 amide bonds.